The molecular weight excluding hydrogens is 474 g/mol. The van der Waals surface area contributed by atoms with Gasteiger partial charge in [0.2, 0.25) is 11.8 Å². The number of hydrogen-bond acceptors (Lipinski definition) is 6. The fourth-order valence-electron chi connectivity index (χ4n) is 5.72. The van der Waals surface area contributed by atoms with E-state index in [1.54, 1.807) is 24.3 Å². The number of nitro groups is 1. The van der Waals surface area contributed by atoms with Crippen LogP contribution in [0.4, 0.5) is 11.4 Å². The standard InChI is InChI=1S/C28H25N3O6/c1-16-11-12-17(2)21(13-16)24-22-23(28(29-24,27(34)35)15-18-7-4-3-5-8-18)26(33)30(25(22)32)19-9-6-10-20(14-19)31(36)37/h3-14,22-24,29H,15H2,1-2H3,(H,34,35). The lowest BCUT2D eigenvalue weighted by Crippen LogP contribution is -2.57. The molecule has 0 aromatic heterocycles. The molecule has 4 unspecified atom stereocenters. The Balaban J connectivity index is 1.69. The number of benzene rings is 3. The predicted octanol–water partition coefficient (Wildman–Crippen LogP) is 3.73. The molecule has 0 saturated carbocycles. The van der Waals surface area contributed by atoms with E-state index in [0.717, 1.165) is 27.7 Å². The molecule has 2 saturated heterocycles. The Hall–Kier alpha value is -4.37. The minimum atomic E-state index is -1.77. The van der Waals surface area contributed by atoms with Crippen LogP contribution < -0.4 is 10.2 Å². The molecule has 37 heavy (non-hydrogen) atoms. The van der Waals surface area contributed by atoms with Gasteiger partial charge in [-0.05, 0) is 36.6 Å². The summed E-state index contributed by atoms with van der Waals surface area (Å²) < 4.78 is 0. The molecule has 188 valence electrons. The fraction of sp³-hybridized carbons (Fsp3) is 0.250. The summed E-state index contributed by atoms with van der Waals surface area (Å²) in [5.41, 5.74) is 1.25. The highest BCUT2D eigenvalue weighted by Crippen LogP contribution is 2.51. The summed E-state index contributed by atoms with van der Waals surface area (Å²) in [6.45, 7) is 3.78. The van der Waals surface area contributed by atoms with Crippen molar-refractivity contribution in [1.29, 1.82) is 0 Å². The lowest BCUT2D eigenvalue weighted by molar-refractivity contribution is -0.384. The van der Waals surface area contributed by atoms with Crippen LogP contribution in [0.1, 0.15) is 28.3 Å². The zero-order valence-electron chi connectivity index (χ0n) is 20.3. The number of carbonyl (C=O) groups is 3. The van der Waals surface area contributed by atoms with Crippen LogP contribution in [0.25, 0.3) is 0 Å². The zero-order chi connectivity index (χ0) is 26.5. The smallest absolute Gasteiger partial charge is 0.325 e. The number of carboxylic acids is 1. The normalized spacial score (nSPS) is 24.8. The number of imide groups is 1. The van der Waals surface area contributed by atoms with Crippen molar-refractivity contribution in [3.63, 3.8) is 0 Å². The summed E-state index contributed by atoms with van der Waals surface area (Å²) in [7, 11) is 0. The number of nitrogens with one attached hydrogen (secondary N) is 1. The van der Waals surface area contributed by atoms with Gasteiger partial charge < -0.3 is 5.11 Å². The second kappa shape index (κ2) is 8.94. The van der Waals surface area contributed by atoms with E-state index in [9.17, 15) is 29.6 Å². The quantitative estimate of drug-likeness (QED) is 0.300. The van der Waals surface area contributed by atoms with Crippen molar-refractivity contribution in [2.24, 2.45) is 11.8 Å². The van der Waals surface area contributed by atoms with Crippen LogP contribution >= 0.6 is 0 Å². The lowest BCUT2D eigenvalue weighted by atomic mass is 9.76. The third kappa shape index (κ3) is 3.88. The second-order valence-corrected chi connectivity index (χ2v) is 9.71. The maximum Gasteiger partial charge on any atom is 0.325 e. The Morgan fingerprint density at radius 1 is 1.03 bits per heavy atom. The molecule has 9 nitrogen and oxygen atoms in total. The maximum absolute atomic E-state index is 13.9. The van der Waals surface area contributed by atoms with E-state index in [1.165, 1.54) is 18.2 Å². The van der Waals surface area contributed by atoms with Crippen LogP contribution in [0.5, 0.6) is 0 Å². The van der Waals surface area contributed by atoms with Crippen LogP contribution in [0.2, 0.25) is 0 Å². The summed E-state index contributed by atoms with van der Waals surface area (Å²) in [6.07, 6.45) is -0.0203. The summed E-state index contributed by atoms with van der Waals surface area (Å²) in [5.74, 6) is -4.73. The van der Waals surface area contributed by atoms with E-state index in [1.807, 2.05) is 38.1 Å². The maximum atomic E-state index is 13.9. The van der Waals surface area contributed by atoms with Crippen LogP contribution in [0.3, 0.4) is 0 Å². The number of aliphatic carboxylic acids is 1. The SMILES string of the molecule is Cc1ccc(C)c(C2NC(Cc3ccccc3)(C(=O)O)C3C(=O)N(c4cccc([N+](=O)[O-])c4)C(=O)C23)c1. The van der Waals surface area contributed by atoms with Gasteiger partial charge in [-0.15, -0.1) is 0 Å². The molecule has 3 aromatic carbocycles. The van der Waals surface area contributed by atoms with Gasteiger partial charge in [0.05, 0.1) is 22.4 Å². The minimum absolute atomic E-state index is 0.0203. The molecule has 2 amide bonds. The van der Waals surface area contributed by atoms with Gasteiger partial charge in [-0.3, -0.25) is 29.8 Å². The van der Waals surface area contributed by atoms with E-state index in [4.69, 9.17) is 0 Å². The molecule has 5 rings (SSSR count). The van der Waals surface area contributed by atoms with E-state index >= 15 is 0 Å². The summed E-state index contributed by atoms with van der Waals surface area (Å²) in [6, 6.07) is 19.2. The number of anilines is 1. The molecular formula is C28H25N3O6. The second-order valence-electron chi connectivity index (χ2n) is 9.71. The third-order valence-corrected chi connectivity index (χ3v) is 7.43. The van der Waals surface area contributed by atoms with Gasteiger partial charge in [0, 0.05) is 24.6 Å². The number of non-ortho nitro benzene ring substituents is 1. The topological polar surface area (TPSA) is 130 Å². The first kappa shape index (κ1) is 24.3. The molecule has 4 atom stereocenters. The van der Waals surface area contributed by atoms with Crippen LogP contribution in [0.15, 0.2) is 72.8 Å². The third-order valence-electron chi connectivity index (χ3n) is 7.43. The van der Waals surface area contributed by atoms with E-state index in [0.29, 0.717) is 5.56 Å². The molecule has 2 N–H and O–H groups in total. The first-order chi connectivity index (χ1) is 17.6. The zero-order valence-corrected chi connectivity index (χ0v) is 20.3. The number of aryl methyl sites for hydroxylation is 2. The van der Waals surface area contributed by atoms with E-state index in [2.05, 4.69) is 5.32 Å². The molecule has 9 heteroatoms. The molecule has 2 aliphatic rings. The number of rotatable bonds is 6. The Kier molecular flexibility index (Phi) is 5.88. The highest BCUT2D eigenvalue weighted by Gasteiger charge is 2.68. The van der Waals surface area contributed by atoms with Crippen molar-refractivity contribution in [2.75, 3.05) is 4.90 Å². The minimum Gasteiger partial charge on any atom is -0.480 e. The molecule has 0 spiro atoms. The van der Waals surface area contributed by atoms with Crippen LogP contribution in [-0.4, -0.2) is 33.4 Å². The monoisotopic (exact) mass is 499 g/mol. The number of carboxylic acid groups (broad SMARTS) is 1. The van der Waals surface area contributed by atoms with Gasteiger partial charge in [0.25, 0.3) is 5.69 Å². The molecule has 2 heterocycles. The first-order valence-electron chi connectivity index (χ1n) is 11.9. The van der Waals surface area contributed by atoms with Crippen molar-refractivity contribution in [3.8, 4) is 0 Å². The molecule has 2 aliphatic heterocycles. The average Bonchev–Trinajstić information content (AvgIpc) is 3.35. The Morgan fingerprint density at radius 3 is 2.43 bits per heavy atom. The summed E-state index contributed by atoms with van der Waals surface area (Å²) in [4.78, 5) is 52.6. The van der Waals surface area contributed by atoms with Crippen LogP contribution in [-0.2, 0) is 20.8 Å². The Morgan fingerprint density at radius 2 is 1.76 bits per heavy atom. The fourth-order valence-corrected chi connectivity index (χ4v) is 5.72. The van der Waals surface area contributed by atoms with Gasteiger partial charge in [-0.25, -0.2) is 4.90 Å². The van der Waals surface area contributed by atoms with E-state index in [-0.39, 0.29) is 17.8 Å². The number of carbonyl (C=O) groups excluding carboxylic acids is 2. The predicted molar refractivity (Wildman–Crippen MR) is 135 cm³/mol. The number of nitrogens with zero attached hydrogens (tertiary/aromatic N) is 2. The van der Waals surface area contributed by atoms with Crippen molar-refractivity contribution >= 4 is 29.2 Å². The van der Waals surface area contributed by atoms with Crippen molar-refractivity contribution in [3.05, 3.63) is 105 Å². The van der Waals surface area contributed by atoms with Crippen molar-refractivity contribution in [1.82, 2.24) is 5.32 Å². The van der Waals surface area contributed by atoms with Gasteiger partial charge >= 0.3 is 5.97 Å². The number of nitro benzene ring substituents is 1. The molecule has 2 fully saturated rings. The van der Waals surface area contributed by atoms with Gasteiger partial charge in [0.15, 0.2) is 0 Å². The highest BCUT2D eigenvalue weighted by atomic mass is 16.6. The van der Waals surface area contributed by atoms with Crippen LogP contribution in [0, 0.1) is 35.8 Å². The van der Waals surface area contributed by atoms with Gasteiger partial charge in [0.1, 0.15) is 5.54 Å². The molecule has 0 radical (unpaired) electrons. The number of fused-ring (bicyclic) bond motifs is 1. The van der Waals surface area contributed by atoms with Crippen molar-refractivity contribution < 1.29 is 24.4 Å². The van der Waals surface area contributed by atoms with Gasteiger partial charge in [-0.2, -0.15) is 0 Å². The summed E-state index contributed by atoms with van der Waals surface area (Å²) in [5, 5.41) is 25.2. The summed E-state index contributed by atoms with van der Waals surface area (Å²) >= 11 is 0. The lowest BCUT2D eigenvalue weighted by Gasteiger charge is -2.31. The number of hydrogen-bond donors (Lipinski definition) is 2. The highest BCUT2D eigenvalue weighted by molar-refractivity contribution is 6.24. The Labute approximate surface area is 212 Å². The first-order valence-corrected chi connectivity index (χ1v) is 11.9. The molecule has 3 aromatic rings. The van der Waals surface area contributed by atoms with E-state index < -0.39 is 46.1 Å². The average molecular weight is 500 g/mol. The van der Waals surface area contributed by atoms with Crippen molar-refractivity contribution in [2.45, 2.75) is 31.8 Å². The molecule has 0 bridgehead atoms. The number of amides is 2. The molecule has 0 aliphatic carbocycles. The Bertz CT molecular complexity index is 1440. The largest absolute Gasteiger partial charge is 0.480 e. The van der Waals surface area contributed by atoms with Gasteiger partial charge in [-0.1, -0.05) is 60.2 Å².